The molecule has 1 saturated heterocycles. The number of quaternary nitrogens is 1. The minimum atomic E-state index is -0.566. The van der Waals surface area contributed by atoms with Gasteiger partial charge in [-0.3, -0.25) is 19.2 Å². The Morgan fingerprint density at radius 2 is 1.62 bits per heavy atom. The monoisotopic (exact) mass is 652 g/mol. The second kappa shape index (κ2) is 13.9. The molecule has 1 aromatic rings. The summed E-state index contributed by atoms with van der Waals surface area (Å²) in [5.74, 6) is 1.17. The molecule has 2 N–H and O–H groups in total. The summed E-state index contributed by atoms with van der Waals surface area (Å²) in [5, 5.41) is 2.28. The summed E-state index contributed by atoms with van der Waals surface area (Å²) < 4.78 is 23.7. The first-order valence-electron chi connectivity index (χ1n) is 18.1. The van der Waals surface area contributed by atoms with E-state index in [-0.39, 0.29) is 70.6 Å². The van der Waals surface area contributed by atoms with Crippen molar-refractivity contribution in [3.05, 3.63) is 35.9 Å². The first kappa shape index (κ1) is 33.9. The summed E-state index contributed by atoms with van der Waals surface area (Å²) in [6.45, 7) is 10.5. The Balaban J connectivity index is 1.20. The van der Waals surface area contributed by atoms with Gasteiger partial charge in [0, 0.05) is 30.6 Å². The van der Waals surface area contributed by atoms with Crippen molar-refractivity contribution in [1.82, 2.24) is 0 Å². The van der Waals surface area contributed by atoms with Crippen LogP contribution in [0.4, 0.5) is 0 Å². The van der Waals surface area contributed by atoms with Gasteiger partial charge in [-0.25, -0.2) is 0 Å². The molecule has 3 unspecified atom stereocenters. The van der Waals surface area contributed by atoms with Crippen molar-refractivity contribution >= 4 is 25.4 Å². The Kier molecular flexibility index (Phi) is 10.0. The maximum Gasteiger partial charge on any atom is 0.306 e. The zero-order chi connectivity index (χ0) is 33.2. The van der Waals surface area contributed by atoms with E-state index in [9.17, 15) is 19.2 Å². The maximum atomic E-state index is 13.5. The van der Waals surface area contributed by atoms with Gasteiger partial charge in [-0.1, -0.05) is 51.1 Å². The van der Waals surface area contributed by atoms with Gasteiger partial charge in [-0.2, -0.15) is 0 Å². The Morgan fingerprint density at radius 1 is 0.894 bits per heavy atom. The van der Waals surface area contributed by atoms with Crippen LogP contribution in [-0.2, 0) is 43.7 Å². The van der Waals surface area contributed by atoms with E-state index in [4.69, 9.17) is 18.9 Å². The molecular formula is C38H54NO8+. The lowest BCUT2D eigenvalue weighted by Gasteiger charge is -2.64. The van der Waals surface area contributed by atoms with E-state index in [2.05, 4.69) is 38.2 Å². The van der Waals surface area contributed by atoms with Gasteiger partial charge in [-0.05, 0) is 91.9 Å². The van der Waals surface area contributed by atoms with E-state index in [1.165, 1.54) is 0 Å². The topological polar surface area (TPSA) is 122 Å². The molecule has 0 spiro atoms. The summed E-state index contributed by atoms with van der Waals surface area (Å²) in [4.78, 5) is 48.5. The van der Waals surface area contributed by atoms with E-state index in [0.29, 0.717) is 32.3 Å². The minimum absolute atomic E-state index is 0.0268. The number of benzene rings is 1. The number of nitrogens with two attached hydrogens (primary N) is 1. The molecule has 0 radical (unpaired) electrons. The molecule has 1 heterocycles. The molecular weight excluding hydrogens is 598 g/mol. The van der Waals surface area contributed by atoms with Crippen molar-refractivity contribution in [2.24, 2.45) is 46.3 Å². The maximum absolute atomic E-state index is 13.5. The number of esters is 1. The molecule has 1 aliphatic heterocycles. The lowest BCUT2D eigenvalue weighted by molar-refractivity contribution is -0.668. The molecule has 258 valence electrons. The van der Waals surface area contributed by atoms with Gasteiger partial charge in [0.15, 0.2) is 0 Å². The zero-order valence-corrected chi connectivity index (χ0v) is 28.4. The SMILES string of the molecule is C[C@H](CCC(=O)OC1(c2ccccc2)CC[NH2+]CC1)[C@H]1CC[C@H]2[C@@H]3C(OC=O)C[C@@H]4CC(OC=O)CC[C@]4(C)[C@H]3CC(OC=O)[C@]12C. The highest BCUT2D eigenvalue weighted by atomic mass is 16.6. The van der Waals surface area contributed by atoms with Crippen molar-refractivity contribution in [3.8, 4) is 0 Å². The van der Waals surface area contributed by atoms with Crippen molar-refractivity contribution in [1.29, 1.82) is 0 Å². The Hall–Kier alpha value is -2.94. The second-order valence-corrected chi connectivity index (χ2v) is 15.9. The van der Waals surface area contributed by atoms with Gasteiger partial charge in [-0.15, -0.1) is 0 Å². The van der Waals surface area contributed by atoms with Crippen LogP contribution < -0.4 is 5.32 Å². The van der Waals surface area contributed by atoms with Gasteiger partial charge in [0.1, 0.15) is 23.9 Å². The van der Waals surface area contributed by atoms with Crippen molar-refractivity contribution in [2.45, 2.75) is 115 Å². The Morgan fingerprint density at radius 3 is 2.32 bits per heavy atom. The second-order valence-electron chi connectivity index (χ2n) is 15.9. The fourth-order valence-corrected chi connectivity index (χ4v) is 11.7. The number of fused-ring (bicyclic) bond motifs is 5. The molecule has 6 rings (SSSR count). The first-order chi connectivity index (χ1) is 22.7. The smallest absolute Gasteiger partial charge is 0.306 e. The first-order valence-corrected chi connectivity index (χ1v) is 18.1. The van der Waals surface area contributed by atoms with Crippen LogP contribution in [0.25, 0.3) is 0 Å². The highest BCUT2D eigenvalue weighted by Gasteiger charge is 2.67. The van der Waals surface area contributed by atoms with Crippen LogP contribution in [0.1, 0.15) is 97.0 Å². The van der Waals surface area contributed by atoms with Gasteiger partial charge in [0.25, 0.3) is 19.4 Å². The predicted molar refractivity (Wildman–Crippen MR) is 172 cm³/mol. The largest absolute Gasteiger partial charge is 0.465 e. The van der Waals surface area contributed by atoms with E-state index in [1.807, 2.05) is 18.2 Å². The average Bonchev–Trinajstić information content (AvgIpc) is 3.44. The predicted octanol–water partition coefficient (Wildman–Crippen LogP) is 4.70. The van der Waals surface area contributed by atoms with Crippen LogP contribution in [-0.4, -0.2) is 56.8 Å². The normalized spacial score (nSPS) is 39.6. The van der Waals surface area contributed by atoms with Crippen LogP contribution >= 0.6 is 0 Å². The third-order valence-corrected chi connectivity index (χ3v) is 14.1. The third-order valence-electron chi connectivity index (χ3n) is 14.1. The van der Waals surface area contributed by atoms with Crippen molar-refractivity contribution in [3.63, 3.8) is 0 Å². The van der Waals surface area contributed by atoms with E-state index in [1.54, 1.807) is 0 Å². The third kappa shape index (κ3) is 6.10. The summed E-state index contributed by atoms with van der Waals surface area (Å²) in [6.07, 6.45) is 8.01. The van der Waals surface area contributed by atoms with Gasteiger partial charge in [0.05, 0.1) is 13.1 Å². The Labute approximate surface area is 279 Å². The summed E-state index contributed by atoms with van der Waals surface area (Å²) in [5.41, 5.74) is 0.178. The highest BCUT2D eigenvalue weighted by Crippen LogP contribution is 2.69. The number of carbonyl (C=O) groups is 4. The zero-order valence-electron chi connectivity index (χ0n) is 28.4. The summed E-state index contributed by atoms with van der Waals surface area (Å²) in [7, 11) is 0. The highest BCUT2D eigenvalue weighted by molar-refractivity contribution is 5.70. The van der Waals surface area contributed by atoms with Gasteiger partial charge < -0.3 is 24.3 Å². The lowest BCUT2D eigenvalue weighted by atomic mass is 9.43. The Bertz CT molecular complexity index is 1270. The number of hydrogen-bond acceptors (Lipinski definition) is 8. The fourth-order valence-electron chi connectivity index (χ4n) is 11.7. The molecule has 0 aromatic heterocycles. The molecule has 4 aliphatic carbocycles. The number of carbonyl (C=O) groups excluding carboxylic acids is 4. The molecule has 11 atom stereocenters. The van der Waals surface area contributed by atoms with Gasteiger partial charge >= 0.3 is 5.97 Å². The van der Waals surface area contributed by atoms with Crippen molar-refractivity contribution < 1.29 is 43.4 Å². The van der Waals surface area contributed by atoms with E-state index < -0.39 is 5.60 Å². The molecule has 4 saturated carbocycles. The quantitative estimate of drug-likeness (QED) is 0.196. The molecule has 1 aromatic carbocycles. The van der Waals surface area contributed by atoms with Gasteiger partial charge in [0.2, 0.25) is 0 Å². The molecule has 5 aliphatic rings. The van der Waals surface area contributed by atoms with Crippen LogP contribution in [0.2, 0.25) is 0 Å². The fraction of sp³-hybridized carbons (Fsp3) is 0.737. The van der Waals surface area contributed by atoms with Crippen LogP contribution in [0.15, 0.2) is 30.3 Å². The van der Waals surface area contributed by atoms with E-state index >= 15 is 0 Å². The standard InChI is InChI=1S/C38H53NO8/c1-25(9-12-34(43)47-38(15-17-39-18-16-38)26-7-5-4-6-8-26)29-10-11-30-35-31(21-33(46-24-42)37(29,30)3)36(2)14-13-28(44-22-40)19-27(36)20-32(35)45-23-41/h4-8,22-25,27-33,35,39H,9-21H2,1-3H3/p+1/t25-,27+,28?,29-,30+,31+,32?,33?,35+,36+,37-/m1/s1. The summed E-state index contributed by atoms with van der Waals surface area (Å²) >= 11 is 0. The average molecular weight is 653 g/mol. The van der Waals surface area contributed by atoms with Crippen LogP contribution in [0.5, 0.6) is 0 Å². The van der Waals surface area contributed by atoms with Crippen LogP contribution in [0, 0.1) is 46.3 Å². The number of ether oxygens (including phenoxy) is 4. The molecule has 47 heavy (non-hydrogen) atoms. The minimum Gasteiger partial charge on any atom is -0.465 e. The molecule has 0 bridgehead atoms. The van der Waals surface area contributed by atoms with Crippen molar-refractivity contribution in [2.75, 3.05) is 13.1 Å². The molecule has 5 fully saturated rings. The molecule has 0 amide bonds. The number of hydrogen-bond donors (Lipinski definition) is 1. The lowest BCUT2D eigenvalue weighted by Crippen LogP contribution is -2.87. The van der Waals surface area contributed by atoms with E-state index in [0.717, 1.165) is 76.4 Å². The number of rotatable bonds is 12. The van der Waals surface area contributed by atoms with Crippen LogP contribution in [0.3, 0.4) is 0 Å². The number of piperidine rings is 1. The summed E-state index contributed by atoms with van der Waals surface area (Å²) in [6, 6.07) is 10.2. The molecule has 9 nitrogen and oxygen atoms in total. The molecule has 9 heteroatoms.